The molecule has 1 fully saturated rings. The number of benzene rings is 1. The standard InChI is InChI=1S/C16H21N5/c1-12-3-5-14(6-4-12)19-16-18-13(2)11-15(20-16)21-9-7-17-8-10-21/h3-6,11,17H,7-10H2,1-2H3,(H,18,19,20). The SMILES string of the molecule is Cc1ccc(Nc2nc(C)cc(N3CCNCC3)n2)cc1. The second-order valence-electron chi connectivity index (χ2n) is 5.42. The monoisotopic (exact) mass is 283 g/mol. The first-order valence-electron chi connectivity index (χ1n) is 7.36. The van der Waals surface area contributed by atoms with Gasteiger partial charge < -0.3 is 15.5 Å². The molecular weight excluding hydrogens is 262 g/mol. The molecule has 0 bridgehead atoms. The molecular formula is C16H21N5. The third-order valence-corrected chi connectivity index (χ3v) is 3.59. The van der Waals surface area contributed by atoms with Crippen molar-refractivity contribution in [2.75, 3.05) is 36.4 Å². The van der Waals surface area contributed by atoms with Crippen molar-refractivity contribution in [1.29, 1.82) is 0 Å². The molecule has 0 saturated carbocycles. The molecule has 2 N–H and O–H groups in total. The first kappa shape index (κ1) is 13.8. The van der Waals surface area contributed by atoms with E-state index in [0.29, 0.717) is 5.95 Å². The van der Waals surface area contributed by atoms with Gasteiger partial charge >= 0.3 is 0 Å². The van der Waals surface area contributed by atoms with E-state index in [2.05, 4.69) is 44.6 Å². The highest BCUT2D eigenvalue weighted by atomic mass is 15.3. The van der Waals surface area contributed by atoms with Crippen LogP contribution in [0.15, 0.2) is 30.3 Å². The van der Waals surface area contributed by atoms with Gasteiger partial charge in [0.05, 0.1) is 0 Å². The molecule has 1 aliphatic heterocycles. The lowest BCUT2D eigenvalue weighted by molar-refractivity contribution is 0.584. The summed E-state index contributed by atoms with van der Waals surface area (Å²) in [6.45, 7) is 8.07. The van der Waals surface area contributed by atoms with Crippen LogP contribution in [0, 0.1) is 13.8 Å². The fourth-order valence-electron chi connectivity index (χ4n) is 2.43. The Labute approximate surface area is 125 Å². The summed E-state index contributed by atoms with van der Waals surface area (Å²) in [7, 11) is 0. The van der Waals surface area contributed by atoms with E-state index < -0.39 is 0 Å². The highest BCUT2D eigenvalue weighted by Crippen LogP contribution is 2.19. The fraction of sp³-hybridized carbons (Fsp3) is 0.375. The van der Waals surface area contributed by atoms with Gasteiger partial charge in [-0.05, 0) is 26.0 Å². The Balaban J connectivity index is 1.81. The van der Waals surface area contributed by atoms with Crippen molar-refractivity contribution in [3.63, 3.8) is 0 Å². The van der Waals surface area contributed by atoms with Gasteiger partial charge in [0.2, 0.25) is 5.95 Å². The molecule has 2 heterocycles. The molecule has 1 saturated heterocycles. The molecule has 0 aliphatic carbocycles. The van der Waals surface area contributed by atoms with Crippen molar-refractivity contribution in [3.05, 3.63) is 41.6 Å². The maximum Gasteiger partial charge on any atom is 0.229 e. The maximum atomic E-state index is 4.65. The van der Waals surface area contributed by atoms with E-state index in [-0.39, 0.29) is 0 Å². The molecule has 5 heteroatoms. The molecule has 2 aromatic rings. The Morgan fingerprint density at radius 2 is 1.76 bits per heavy atom. The van der Waals surface area contributed by atoms with Crippen molar-refractivity contribution >= 4 is 17.5 Å². The van der Waals surface area contributed by atoms with Crippen LogP contribution in [-0.4, -0.2) is 36.1 Å². The van der Waals surface area contributed by atoms with Crippen LogP contribution >= 0.6 is 0 Å². The number of nitrogens with one attached hydrogen (secondary N) is 2. The van der Waals surface area contributed by atoms with Crippen LogP contribution in [0.25, 0.3) is 0 Å². The molecule has 5 nitrogen and oxygen atoms in total. The summed E-state index contributed by atoms with van der Waals surface area (Å²) in [6.07, 6.45) is 0. The number of aromatic nitrogens is 2. The Kier molecular flexibility index (Phi) is 4.01. The van der Waals surface area contributed by atoms with Gasteiger partial charge in [-0.2, -0.15) is 4.98 Å². The van der Waals surface area contributed by atoms with Crippen molar-refractivity contribution in [1.82, 2.24) is 15.3 Å². The smallest absolute Gasteiger partial charge is 0.229 e. The van der Waals surface area contributed by atoms with E-state index in [0.717, 1.165) is 43.4 Å². The van der Waals surface area contributed by atoms with Crippen LogP contribution < -0.4 is 15.5 Å². The Bertz CT molecular complexity index is 603. The summed E-state index contributed by atoms with van der Waals surface area (Å²) in [5.41, 5.74) is 3.23. The molecule has 1 aromatic heterocycles. The maximum absolute atomic E-state index is 4.65. The second-order valence-corrected chi connectivity index (χ2v) is 5.42. The number of nitrogens with zero attached hydrogens (tertiary/aromatic N) is 3. The van der Waals surface area contributed by atoms with Gasteiger partial charge in [0.25, 0.3) is 0 Å². The average molecular weight is 283 g/mol. The van der Waals surface area contributed by atoms with E-state index >= 15 is 0 Å². The zero-order valence-corrected chi connectivity index (χ0v) is 12.6. The number of piperazine rings is 1. The van der Waals surface area contributed by atoms with Crippen molar-refractivity contribution in [2.45, 2.75) is 13.8 Å². The third-order valence-electron chi connectivity index (χ3n) is 3.59. The first-order valence-corrected chi connectivity index (χ1v) is 7.36. The molecule has 0 spiro atoms. The van der Waals surface area contributed by atoms with Gasteiger partial charge in [0, 0.05) is 43.6 Å². The first-order chi connectivity index (χ1) is 10.2. The number of anilines is 3. The van der Waals surface area contributed by atoms with E-state index in [4.69, 9.17) is 0 Å². The highest BCUT2D eigenvalue weighted by molar-refractivity contribution is 5.56. The molecule has 1 aliphatic rings. The van der Waals surface area contributed by atoms with Crippen molar-refractivity contribution < 1.29 is 0 Å². The minimum absolute atomic E-state index is 0.660. The minimum atomic E-state index is 0.660. The Hall–Kier alpha value is -2.14. The summed E-state index contributed by atoms with van der Waals surface area (Å²) in [6, 6.07) is 10.3. The van der Waals surface area contributed by atoms with Gasteiger partial charge in [-0.25, -0.2) is 4.98 Å². The molecule has 0 atom stereocenters. The molecule has 3 rings (SSSR count). The lowest BCUT2D eigenvalue weighted by Crippen LogP contribution is -2.44. The molecule has 0 unspecified atom stereocenters. The predicted molar refractivity (Wildman–Crippen MR) is 86.3 cm³/mol. The zero-order chi connectivity index (χ0) is 14.7. The molecule has 1 aromatic carbocycles. The van der Waals surface area contributed by atoms with Gasteiger partial charge in [0.1, 0.15) is 5.82 Å². The van der Waals surface area contributed by atoms with Crippen molar-refractivity contribution in [2.24, 2.45) is 0 Å². The molecule has 0 radical (unpaired) electrons. The summed E-state index contributed by atoms with van der Waals surface area (Å²) in [5.74, 6) is 1.66. The zero-order valence-electron chi connectivity index (χ0n) is 12.6. The molecule has 21 heavy (non-hydrogen) atoms. The number of hydrogen-bond donors (Lipinski definition) is 2. The number of aryl methyl sites for hydroxylation is 2. The van der Waals surface area contributed by atoms with Crippen LogP contribution in [0.3, 0.4) is 0 Å². The van der Waals surface area contributed by atoms with Crippen LogP contribution in [0.1, 0.15) is 11.3 Å². The third kappa shape index (κ3) is 3.49. The van der Waals surface area contributed by atoms with Crippen LogP contribution in [0.5, 0.6) is 0 Å². The second kappa shape index (κ2) is 6.10. The van der Waals surface area contributed by atoms with Crippen LogP contribution in [0.2, 0.25) is 0 Å². The largest absolute Gasteiger partial charge is 0.354 e. The van der Waals surface area contributed by atoms with Crippen molar-refractivity contribution in [3.8, 4) is 0 Å². The van der Waals surface area contributed by atoms with E-state index in [1.165, 1.54) is 5.56 Å². The van der Waals surface area contributed by atoms with Gasteiger partial charge in [-0.3, -0.25) is 0 Å². The van der Waals surface area contributed by atoms with E-state index in [1.807, 2.05) is 25.1 Å². The minimum Gasteiger partial charge on any atom is -0.354 e. The lowest BCUT2D eigenvalue weighted by Gasteiger charge is -2.28. The summed E-state index contributed by atoms with van der Waals surface area (Å²) in [5, 5.41) is 6.65. The number of rotatable bonds is 3. The van der Waals surface area contributed by atoms with E-state index in [9.17, 15) is 0 Å². The van der Waals surface area contributed by atoms with Gasteiger partial charge in [0.15, 0.2) is 0 Å². The van der Waals surface area contributed by atoms with Crippen LogP contribution in [-0.2, 0) is 0 Å². The number of hydrogen-bond acceptors (Lipinski definition) is 5. The topological polar surface area (TPSA) is 53.1 Å². The van der Waals surface area contributed by atoms with Gasteiger partial charge in [-0.1, -0.05) is 17.7 Å². The van der Waals surface area contributed by atoms with Crippen LogP contribution in [0.4, 0.5) is 17.5 Å². The quantitative estimate of drug-likeness (QED) is 0.905. The van der Waals surface area contributed by atoms with Gasteiger partial charge in [-0.15, -0.1) is 0 Å². The summed E-state index contributed by atoms with van der Waals surface area (Å²) < 4.78 is 0. The lowest BCUT2D eigenvalue weighted by atomic mass is 10.2. The summed E-state index contributed by atoms with van der Waals surface area (Å²) >= 11 is 0. The average Bonchev–Trinajstić information content (AvgIpc) is 2.50. The normalized spacial score (nSPS) is 15.0. The molecule has 0 amide bonds. The summed E-state index contributed by atoms with van der Waals surface area (Å²) in [4.78, 5) is 11.4. The Morgan fingerprint density at radius 3 is 2.48 bits per heavy atom. The predicted octanol–water partition coefficient (Wildman–Crippen LogP) is 2.25. The molecule has 110 valence electrons. The van der Waals surface area contributed by atoms with E-state index in [1.54, 1.807) is 0 Å². The highest BCUT2D eigenvalue weighted by Gasteiger charge is 2.13. The Morgan fingerprint density at radius 1 is 1.05 bits per heavy atom. The fourth-order valence-corrected chi connectivity index (χ4v) is 2.43.